The van der Waals surface area contributed by atoms with E-state index < -0.39 is 17.7 Å². The van der Waals surface area contributed by atoms with Gasteiger partial charge in [-0.15, -0.1) is 0 Å². The molecule has 0 heterocycles. The van der Waals surface area contributed by atoms with Gasteiger partial charge in [0.2, 0.25) is 0 Å². The van der Waals surface area contributed by atoms with Crippen molar-refractivity contribution in [1.29, 1.82) is 0 Å². The minimum atomic E-state index is -5.65. The van der Waals surface area contributed by atoms with Crippen LogP contribution in [0.1, 0.15) is 36.5 Å². The van der Waals surface area contributed by atoms with E-state index in [4.69, 9.17) is 0 Å². The first kappa shape index (κ1) is 14.7. The summed E-state index contributed by atoms with van der Waals surface area (Å²) >= 11 is 0. The van der Waals surface area contributed by atoms with E-state index in [1.54, 1.807) is 13.8 Å². The highest BCUT2D eigenvalue weighted by Gasteiger charge is 2.59. The van der Waals surface area contributed by atoms with Crippen LogP contribution in [0.4, 0.5) is 22.0 Å². The monoisotopic (exact) mass is 268 g/mol. The fraction of sp³-hybridized carbons (Fsp3) is 0.500. The first-order valence-electron chi connectivity index (χ1n) is 5.27. The second-order valence-electron chi connectivity index (χ2n) is 4.45. The predicted molar refractivity (Wildman–Crippen MR) is 56.9 cm³/mol. The Labute approximate surface area is 101 Å². The van der Waals surface area contributed by atoms with Crippen LogP contribution in [0.25, 0.3) is 0 Å². The van der Waals surface area contributed by atoms with Crippen LogP contribution < -0.4 is 0 Å². The van der Waals surface area contributed by atoms with Crippen LogP contribution in [0.15, 0.2) is 12.1 Å². The zero-order valence-electron chi connectivity index (χ0n) is 10.1. The molecule has 0 amide bonds. The summed E-state index contributed by atoms with van der Waals surface area (Å²) in [6.45, 7) is 4.30. The fourth-order valence-corrected chi connectivity index (χ4v) is 1.66. The molecular formula is C12H13F5O. The molecule has 0 aliphatic heterocycles. The van der Waals surface area contributed by atoms with Gasteiger partial charge in [0, 0.05) is 5.56 Å². The summed E-state index contributed by atoms with van der Waals surface area (Å²) in [6.07, 6.45) is -5.65. The second kappa shape index (κ2) is 4.40. The van der Waals surface area contributed by atoms with Crippen LogP contribution in [-0.2, 0) is 5.92 Å². The van der Waals surface area contributed by atoms with Crippen LogP contribution in [0.5, 0.6) is 5.75 Å². The summed E-state index contributed by atoms with van der Waals surface area (Å²) in [5.74, 6) is -5.55. The number of phenolic OH excluding ortho intramolecular Hbond substituents is 1. The summed E-state index contributed by atoms with van der Waals surface area (Å²) in [4.78, 5) is 0. The average molecular weight is 268 g/mol. The Morgan fingerprint density at radius 3 is 1.94 bits per heavy atom. The molecule has 18 heavy (non-hydrogen) atoms. The van der Waals surface area contributed by atoms with Crippen molar-refractivity contribution in [3.8, 4) is 5.75 Å². The van der Waals surface area contributed by atoms with Crippen molar-refractivity contribution in [2.45, 2.75) is 38.8 Å². The van der Waals surface area contributed by atoms with Crippen LogP contribution in [0, 0.1) is 6.92 Å². The topological polar surface area (TPSA) is 20.2 Å². The second-order valence-corrected chi connectivity index (χ2v) is 4.45. The summed E-state index contributed by atoms with van der Waals surface area (Å²) in [6, 6.07) is 1.66. The SMILES string of the molecule is Cc1cc(O)c(C(C)C)cc1C(F)(F)C(F)(F)F. The first-order valence-corrected chi connectivity index (χ1v) is 5.27. The molecule has 0 aromatic heterocycles. The predicted octanol–water partition coefficient (Wildman–Crippen LogP) is 4.48. The van der Waals surface area contributed by atoms with Crippen LogP contribution in [0.2, 0.25) is 0 Å². The largest absolute Gasteiger partial charge is 0.508 e. The maximum absolute atomic E-state index is 13.3. The lowest BCUT2D eigenvalue weighted by atomic mass is 9.93. The average Bonchev–Trinajstić information content (AvgIpc) is 2.14. The van der Waals surface area contributed by atoms with Gasteiger partial charge in [-0.1, -0.05) is 13.8 Å². The van der Waals surface area contributed by atoms with E-state index in [-0.39, 0.29) is 22.8 Å². The third kappa shape index (κ3) is 2.42. The Kier molecular flexibility index (Phi) is 3.60. The molecule has 0 radical (unpaired) electrons. The molecule has 0 saturated heterocycles. The zero-order chi connectivity index (χ0) is 14.3. The highest BCUT2D eigenvalue weighted by atomic mass is 19.4. The third-order valence-electron chi connectivity index (χ3n) is 2.69. The van der Waals surface area contributed by atoms with E-state index in [0.29, 0.717) is 0 Å². The molecule has 6 heteroatoms. The van der Waals surface area contributed by atoms with E-state index in [0.717, 1.165) is 19.1 Å². The number of alkyl halides is 5. The summed E-state index contributed by atoms with van der Waals surface area (Å²) in [5, 5.41) is 9.53. The van der Waals surface area contributed by atoms with Crippen molar-refractivity contribution in [1.82, 2.24) is 0 Å². The van der Waals surface area contributed by atoms with Gasteiger partial charge in [-0.3, -0.25) is 0 Å². The van der Waals surface area contributed by atoms with E-state index in [1.165, 1.54) is 0 Å². The van der Waals surface area contributed by atoms with Crippen molar-refractivity contribution < 1.29 is 27.1 Å². The maximum Gasteiger partial charge on any atom is 0.458 e. The number of halogens is 5. The van der Waals surface area contributed by atoms with Crippen LogP contribution in [0.3, 0.4) is 0 Å². The Bertz CT molecular complexity index is 449. The number of benzene rings is 1. The lowest BCUT2D eigenvalue weighted by Crippen LogP contribution is -2.34. The Hall–Kier alpha value is -1.33. The van der Waals surface area contributed by atoms with Gasteiger partial charge in [-0.25, -0.2) is 0 Å². The van der Waals surface area contributed by atoms with Crippen molar-refractivity contribution in [2.75, 3.05) is 0 Å². The summed E-state index contributed by atoms with van der Waals surface area (Å²) in [5.41, 5.74) is -1.34. The molecule has 0 atom stereocenters. The van der Waals surface area contributed by atoms with Crippen LogP contribution in [-0.4, -0.2) is 11.3 Å². The van der Waals surface area contributed by atoms with Gasteiger partial charge >= 0.3 is 12.1 Å². The fourth-order valence-electron chi connectivity index (χ4n) is 1.66. The minimum absolute atomic E-state index is 0.0690. The van der Waals surface area contributed by atoms with Gasteiger partial charge in [0.05, 0.1) is 0 Å². The van der Waals surface area contributed by atoms with Gasteiger partial charge in [0.25, 0.3) is 0 Å². The van der Waals surface area contributed by atoms with Gasteiger partial charge in [0.1, 0.15) is 5.75 Å². The molecule has 0 aliphatic rings. The van der Waals surface area contributed by atoms with Crippen molar-refractivity contribution in [3.05, 3.63) is 28.8 Å². The molecule has 1 rings (SSSR count). The lowest BCUT2D eigenvalue weighted by molar-refractivity contribution is -0.289. The molecule has 0 unspecified atom stereocenters. The molecule has 0 aliphatic carbocycles. The molecule has 102 valence electrons. The normalized spacial score (nSPS) is 13.2. The van der Waals surface area contributed by atoms with Crippen molar-refractivity contribution in [3.63, 3.8) is 0 Å². The van der Waals surface area contributed by atoms with Gasteiger partial charge in [0.15, 0.2) is 0 Å². The van der Waals surface area contributed by atoms with Crippen molar-refractivity contribution in [2.24, 2.45) is 0 Å². The number of hydrogen-bond donors (Lipinski definition) is 1. The lowest BCUT2D eigenvalue weighted by Gasteiger charge is -2.23. The number of aryl methyl sites for hydroxylation is 1. The highest BCUT2D eigenvalue weighted by Crippen LogP contribution is 2.46. The van der Waals surface area contributed by atoms with Crippen LogP contribution >= 0.6 is 0 Å². The number of phenols is 1. The van der Waals surface area contributed by atoms with Gasteiger partial charge in [-0.05, 0) is 36.1 Å². The molecule has 1 aromatic carbocycles. The first-order chi connectivity index (χ1) is 7.98. The molecule has 1 N–H and O–H groups in total. The maximum atomic E-state index is 13.3. The molecular weight excluding hydrogens is 255 g/mol. The highest BCUT2D eigenvalue weighted by molar-refractivity contribution is 5.45. The Balaban J connectivity index is 3.47. The van der Waals surface area contributed by atoms with E-state index >= 15 is 0 Å². The third-order valence-corrected chi connectivity index (χ3v) is 2.69. The minimum Gasteiger partial charge on any atom is -0.508 e. The van der Waals surface area contributed by atoms with E-state index in [1.807, 2.05) is 0 Å². The number of aromatic hydroxyl groups is 1. The Morgan fingerprint density at radius 1 is 1.06 bits per heavy atom. The zero-order valence-corrected chi connectivity index (χ0v) is 10.1. The smallest absolute Gasteiger partial charge is 0.458 e. The number of hydrogen-bond acceptors (Lipinski definition) is 1. The molecule has 0 bridgehead atoms. The molecule has 1 aromatic rings. The van der Waals surface area contributed by atoms with Crippen molar-refractivity contribution >= 4 is 0 Å². The van der Waals surface area contributed by atoms with E-state index in [9.17, 15) is 27.1 Å². The standard InChI is InChI=1S/C12H13F5O/c1-6(2)8-5-9(7(3)4-10(8)18)11(13,14)12(15,16)17/h4-6,18H,1-3H3. The quantitative estimate of drug-likeness (QED) is 0.784. The molecule has 1 nitrogen and oxygen atoms in total. The summed E-state index contributed by atoms with van der Waals surface area (Å²) in [7, 11) is 0. The molecule has 0 spiro atoms. The van der Waals surface area contributed by atoms with Gasteiger partial charge in [-0.2, -0.15) is 22.0 Å². The summed E-state index contributed by atoms with van der Waals surface area (Å²) < 4.78 is 63.5. The van der Waals surface area contributed by atoms with Gasteiger partial charge < -0.3 is 5.11 Å². The molecule has 0 fully saturated rings. The van der Waals surface area contributed by atoms with E-state index in [2.05, 4.69) is 0 Å². The Morgan fingerprint density at radius 2 is 1.56 bits per heavy atom. The molecule has 0 saturated carbocycles. The number of rotatable bonds is 2.